The van der Waals surface area contributed by atoms with Crippen LogP contribution in [0.2, 0.25) is 0 Å². The summed E-state index contributed by atoms with van der Waals surface area (Å²) in [6, 6.07) is 2.00. The number of amides is 1. The molecule has 0 fully saturated rings. The van der Waals surface area contributed by atoms with Crippen LogP contribution in [0.1, 0.15) is 65.3 Å². The molecule has 3 rings (SSSR count). The smallest absolute Gasteiger partial charge is 0.256 e. The van der Waals surface area contributed by atoms with Gasteiger partial charge < -0.3 is 14.2 Å². The molecule has 124 valence electrons. The third kappa shape index (κ3) is 2.99. The van der Waals surface area contributed by atoms with E-state index in [0.29, 0.717) is 11.3 Å². The lowest BCUT2D eigenvalue weighted by atomic mass is 9.74. The lowest BCUT2D eigenvalue weighted by Crippen LogP contribution is -2.36. The Kier molecular flexibility index (Phi) is 3.95. The number of fused-ring (bicyclic) bond motifs is 1. The van der Waals surface area contributed by atoms with Crippen molar-refractivity contribution in [1.29, 1.82) is 0 Å². The summed E-state index contributed by atoms with van der Waals surface area (Å²) in [5.41, 5.74) is 1.77. The Hall–Kier alpha value is -1.49. The molecule has 0 spiro atoms. The van der Waals surface area contributed by atoms with Gasteiger partial charge in [0.1, 0.15) is 23.0 Å². The Balaban J connectivity index is 1.91. The number of aryl methyl sites for hydroxylation is 3. The highest BCUT2D eigenvalue weighted by molar-refractivity contribution is 9.10. The standard InChI is InChI=1S/C18H22BrNO3/c1-9-6-12-13(7-18(4,5)8-14(12)22-9)20-17(21)15-10(2)23-11(3)16(15)19/h6,13H,7-8H2,1-5H3,(H,20,21). The summed E-state index contributed by atoms with van der Waals surface area (Å²) in [7, 11) is 0. The van der Waals surface area contributed by atoms with Crippen LogP contribution < -0.4 is 5.32 Å². The van der Waals surface area contributed by atoms with Gasteiger partial charge in [-0.25, -0.2) is 0 Å². The Morgan fingerprint density at radius 3 is 2.57 bits per heavy atom. The molecule has 5 heteroatoms. The quantitative estimate of drug-likeness (QED) is 0.797. The zero-order valence-corrected chi connectivity index (χ0v) is 15.8. The zero-order valence-electron chi connectivity index (χ0n) is 14.2. The van der Waals surface area contributed by atoms with Gasteiger partial charge in [-0.1, -0.05) is 13.8 Å². The molecule has 1 amide bonds. The number of halogens is 1. The molecular weight excluding hydrogens is 358 g/mol. The summed E-state index contributed by atoms with van der Waals surface area (Å²) in [4.78, 5) is 12.8. The van der Waals surface area contributed by atoms with Crippen molar-refractivity contribution in [3.05, 3.63) is 44.7 Å². The summed E-state index contributed by atoms with van der Waals surface area (Å²) in [6.07, 6.45) is 1.79. The van der Waals surface area contributed by atoms with E-state index in [1.54, 1.807) is 0 Å². The van der Waals surface area contributed by atoms with Crippen molar-refractivity contribution in [3.63, 3.8) is 0 Å². The minimum Gasteiger partial charge on any atom is -0.466 e. The van der Waals surface area contributed by atoms with Crippen molar-refractivity contribution in [2.45, 2.75) is 53.5 Å². The van der Waals surface area contributed by atoms with Gasteiger partial charge in [-0.3, -0.25) is 4.79 Å². The maximum absolute atomic E-state index is 12.8. The molecule has 1 unspecified atom stereocenters. The van der Waals surface area contributed by atoms with Gasteiger partial charge in [0.05, 0.1) is 16.1 Å². The molecule has 2 aromatic rings. The van der Waals surface area contributed by atoms with Crippen LogP contribution in [0.25, 0.3) is 0 Å². The van der Waals surface area contributed by atoms with Gasteiger partial charge in [0.15, 0.2) is 0 Å². The Bertz CT molecular complexity index is 770. The molecule has 0 saturated heterocycles. The molecule has 1 aliphatic carbocycles. The van der Waals surface area contributed by atoms with E-state index >= 15 is 0 Å². The third-order valence-corrected chi connectivity index (χ3v) is 5.41. The van der Waals surface area contributed by atoms with Gasteiger partial charge in [0.2, 0.25) is 0 Å². The molecule has 23 heavy (non-hydrogen) atoms. The van der Waals surface area contributed by atoms with E-state index in [1.165, 1.54) is 0 Å². The van der Waals surface area contributed by atoms with Crippen molar-refractivity contribution in [2.75, 3.05) is 0 Å². The zero-order chi connectivity index (χ0) is 16.9. The number of rotatable bonds is 2. The molecule has 4 nitrogen and oxygen atoms in total. The molecule has 1 atom stereocenters. The second-order valence-corrected chi connectivity index (χ2v) is 8.00. The number of carbonyl (C=O) groups is 1. The van der Waals surface area contributed by atoms with Gasteiger partial charge >= 0.3 is 0 Å². The molecule has 2 heterocycles. The summed E-state index contributed by atoms with van der Waals surface area (Å²) < 4.78 is 12.1. The maximum atomic E-state index is 12.8. The molecule has 0 radical (unpaired) electrons. The van der Waals surface area contributed by atoms with Gasteiger partial charge in [-0.2, -0.15) is 0 Å². The van der Waals surface area contributed by atoms with E-state index in [0.717, 1.165) is 40.2 Å². The van der Waals surface area contributed by atoms with Crippen LogP contribution in [-0.4, -0.2) is 5.91 Å². The summed E-state index contributed by atoms with van der Waals surface area (Å²) >= 11 is 3.45. The van der Waals surface area contributed by atoms with Crippen molar-refractivity contribution < 1.29 is 13.6 Å². The van der Waals surface area contributed by atoms with Crippen LogP contribution in [0.5, 0.6) is 0 Å². The lowest BCUT2D eigenvalue weighted by molar-refractivity contribution is 0.0915. The van der Waals surface area contributed by atoms with Crippen molar-refractivity contribution >= 4 is 21.8 Å². The number of furan rings is 2. The summed E-state index contributed by atoms with van der Waals surface area (Å²) in [5.74, 6) is 3.12. The Morgan fingerprint density at radius 2 is 1.96 bits per heavy atom. The first-order valence-corrected chi connectivity index (χ1v) is 8.63. The summed E-state index contributed by atoms with van der Waals surface area (Å²) in [5, 5.41) is 3.17. The number of nitrogens with one attached hydrogen (secondary N) is 1. The van der Waals surface area contributed by atoms with Crippen molar-refractivity contribution in [2.24, 2.45) is 5.41 Å². The van der Waals surface area contributed by atoms with Gasteiger partial charge in [0, 0.05) is 12.0 Å². The number of carbonyl (C=O) groups excluding carboxylic acids is 1. The first-order chi connectivity index (χ1) is 10.7. The highest BCUT2D eigenvalue weighted by Gasteiger charge is 2.36. The van der Waals surface area contributed by atoms with Gasteiger partial charge in [0.25, 0.3) is 5.91 Å². The van der Waals surface area contributed by atoms with Crippen LogP contribution in [0.3, 0.4) is 0 Å². The van der Waals surface area contributed by atoms with Crippen molar-refractivity contribution in [3.8, 4) is 0 Å². The second kappa shape index (κ2) is 5.55. The van der Waals surface area contributed by atoms with Gasteiger partial charge in [-0.05, 0) is 54.6 Å². The van der Waals surface area contributed by atoms with E-state index in [9.17, 15) is 4.79 Å². The Labute approximate surface area is 144 Å². The van der Waals surface area contributed by atoms with E-state index < -0.39 is 0 Å². The Morgan fingerprint density at radius 1 is 1.26 bits per heavy atom. The van der Waals surface area contributed by atoms with Crippen LogP contribution >= 0.6 is 15.9 Å². The monoisotopic (exact) mass is 379 g/mol. The lowest BCUT2D eigenvalue weighted by Gasteiger charge is -2.34. The van der Waals surface area contributed by atoms with E-state index in [2.05, 4.69) is 35.1 Å². The third-order valence-electron chi connectivity index (χ3n) is 4.46. The number of hydrogen-bond acceptors (Lipinski definition) is 3. The fraction of sp³-hybridized carbons (Fsp3) is 0.500. The fourth-order valence-electron chi connectivity index (χ4n) is 3.46. The highest BCUT2D eigenvalue weighted by atomic mass is 79.9. The predicted octanol–water partition coefficient (Wildman–Crippen LogP) is 5.00. The first kappa shape index (κ1) is 16.4. The topological polar surface area (TPSA) is 55.4 Å². The molecular formula is C18H22BrNO3. The SMILES string of the molecule is Cc1cc2c(o1)CC(C)(C)CC2NC(=O)c1c(C)oc(C)c1Br. The average molecular weight is 380 g/mol. The van der Waals surface area contributed by atoms with Crippen LogP contribution in [0.4, 0.5) is 0 Å². The molecule has 0 aromatic carbocycles. The molecule has 0 aliphatic heterocycles. The minimum absolute atomic E-state index is 0.0415. The molecule has 0 saturated carbocycles. The molecule has 1 N–H and O–H groups in total. The van der Waals surface area contributed by atoms with Gasteiger partial charge in [-0.15, -0.1) is 0 Å². The largest absolute Gasteiger partial charge is 0.466 e. The fourth-order valence-corrected chi connectivity index (χ4v) is 4.00. The second-order valence-electron chi connectivity index (χ2n) is 7.21. The van der Waals surface area contributed by atoms with E-state index in [-0.39, 0.29) is 17.4 Å². The van der Waals surface area contributed by atoms with E-state index in [4.69, 9.17) is 8.83 Å². The van der Waals surface area contributed by atoms with Crippen molar-refractivity contribution in [1.82, 2.24) is 5.32 Å². The number of hydrogen-bond donors (Lipinski definition) is 1. The first-order valence-electron chi connectivity index (χ1n) is 7.83. The predicted molar refractivity (Wildman–Crippen MR) is 91.6 cm³/mol. The minimum atomic E-state index is -0.112. The van der Waals surface area contributed by atoms with E-state index in [1.807, 2.05) is 26.8 Å². The average Bonchev–Trinajstić information content (AvgIpc) is 2.88. The molecule has 2 aromatic heterocycles. The van der Waals surface area contributed by atoms with Crippen LogP contribution in [0, 0.1) is 26.2 Å². The van der Waals surface area contributed by atoms with Crippen LogP contribution in [0.15, 0.2) is 19.4 Å². The summed E-state index contributed by atoms with van der Waals surface area (Å²) in [6.45, 7) is 10.0. The normalized spacial score (nSPS) is 19.5. The molecule has 1 aliphatic rings. The van der Waals surface area contributed by atoms with Crippen LogP contribution in [-0.2, 0) is 6.42 Å². The maximum Gasteiger partial charge on any atom is 0.256 e. The highest BCUT2D eigenvalue weighted by Crippen LogP contribution is 2.42. The molecule has 0 bridgehead atoms.